The average molecular weight is 372 g/mol. The van der Waals surface area contributed by atoms with Crippen molar-refractivity contribution in [1.82, 2.24) is 9.80 Å². The van der Waals surface area contributed by atoms with Crippen LogP contribution in [0.3, 0.4) is 0 Å². The van der Waals surface area contributed by atoms with Crippen LogP contribution in [0.5, 0.6) is 0 Å². The Kier molecular flexibility index (Phi) is 6.06. The van der Waals surface area contributed by atoms with Crippen molar-refractivity contribution in [2.24, 2.45) is 0 Å². The molecule has 0 spiro atoms. The lowest BCUT2D eigenvalue weighted by Gasteiger charge is -2.34. The Morgan fingerprint density at radius 3 is 2.08 bits per heavy atom. The number of benzene rings is 1. The number of rotatable bonds is 3. The summed E-state index contributed by atoms with van der Waals surface area (Å²) in [6.07, 6.45) is -6.03. The Labute approximate surface area is 148 Å². The third kappa shape index (κ3) is 5.94. The van der Waals surface area contributed by atoms with Crippen LogP contribution in [0, 0.1) is 0 Å². The third-order valence-corrected chi connectivity index (χ3v) is 3.71. The monoisotopic (exact) mass is 372 g/mol. The van der Waals surface area contributed by atoms with Gasteiger partial charge in [-0.3, -0.25) is 9.59 Å². The molecular weight excluding hydrogens is 353 g/mol. The highest BCUT2D eigenvalue weighted by atomic mass is 19.4. The van der Waals surface area contributed by atoms with E-state index in [0.29, 0.717) is 11.4 Å². The lowest BCUT2D eigenvalue weighted by atomic mass is 10.2. The third-order valence-electron chi connectivity index (χ3n) is 3.71. The molecule has 1 aromatic rings. The first-order chi connectivity index (χ1) is 12.1. The Morgan fingerprint density at radius 2 is 1.54 bits per heavy atom. The highest BCUT2D eigenvalue weighted by Gasteiger charge is 2.34. The SMILES string of the molecule is CC(=O)Nc1cccc(NC(=O)N2CCN(C(=O)CC(F)(F)F)CC2)c1. The normalized spacial score (nSPS) is 14.8. The van der Waals surface area contributed by atoms with E-state index >= 15 is 0 Å². The number of urea groups is 1. The summed E-state index contributed by atoms with van der Waals surface area (Å²) in [5.41, 5.74) is 0.995. The number of nitrogens with zero attached hydrogens (tertiary/aromatic N) is 2. The minimum atomic E-state index is -4.54. The fourth-order valence-electron chi connectivity index (χ4n) is 2.52. The minimum absolute atomic E-state index is 0.0499. The quantitative estimate of drug-likeness (QED) is 0.854. The number of halogens is 3. The molecule has 0 bridgehead atoms. The Bertz CT molecular complexity index is 686. The topological polar surface area (TPSA) is 81.8 Å². The van der Waals surface area contributed by atoms with Gasteiger partial charge in [0.2, 0.25) is 11.8 Å². The van der Waals surface area contributed by atoms with Gasteiger partial charge in [0.05, 0.1) is 0 Å². The van der Waals surface area contributed by atoms with E-state index in [-0.39, 0.29) is 32.1 Å². The van der Waals surface area contributed by atoms with Gasteiger partial charge in [0.25, 0.3) is 0 Å². The molecule has 2 rings (SSSR count). The van der Waals surface area contributed by atoms with Crippen molar-refractivity contribution in [2.75, 3.05) is 36.8 Å². The smallest absolute Gasteiger partial charge is 0.339 e. The Morgan fingerprint density at radius 1 is 1.00 bits per heavy atom. The summed E-state index contributed by atoms with van der Waals surface area (Å²) in [6.45, 7) is 1.75. The first kappa shape index (κ1) is 19.5. The van der Waals surface area contributed by atoms with Gasteiger partial charge in [0, 0.05) is 44.5 Å². The summed E-state index contributed by atoms with van der Waals surface area (Å²) >= 11 is 0. The van der Waals surface area contributed by atoms with Crippen molar-refractivity contribution in [3.05, 3.63) is 24.3 Å². The van der Waals surface area contributed by atoms with Crippen LogP contribution in [-0.4, -0.2) is 60.0 Å². The molecule has 1 saturated heterocycles. The maximum absolute atomic E-state index is 12.3. The van der Waals surface area contributed by atoms with E-state index in [1.54, 1.807) is 24.3 Å². The zero-order valence-corrected chi connectivity index (χ0v) is 14.1. The Balaban J connectivity index is 1.87. The average Bonchev–Trinajstić information content (AvgIpc) is 2.53. The summed E-state index contributed by atoms with van der Waals surface area (Å²) in [6, 6.07) is 6.14. The van der Waals surface area contributed by atoms with E-state index < -0.39 is 24.5 Å². The molecule has 2 N–H and O–H groups in total. The van der Waals surface area contributed by atoms with Gasteiger partial charge in [-0.05, 0) is 18.2 Å². The van der Waals surface area contributed by atoms with E-state index in [1.807, 2.05) is 0 Å². The number of carbonyl (C=O) groups is 3. The van der Waals surface area contributed by atoms with Crippen molar-refractivity contribution < 1.29 is 27.6 Å². The van der Waals surface area contributed by atoms with Gasteiger partial charge in [-0.15, -0.1) is 0 Å². The number of piperazine rings is 1. The van der Waals surface area contributed by atoms with Crippen molar-refractivity contribution in [3.8, 4) is 0 Å². The summed E-state index contributed by atoms with van der Waals surface area (Å²) in [5, 5.41) is 5.25. The van der Waals surface area contributed by atoms with E-state index in [4.69, 9.17) is 0 Å². The molecule has 7 nitrogen and oxygen atoms in total. The van der Waals surface area contributed by atoms with E-state index in [0.717, 1.165) is 4.90 Å². The van der Waals surface area contributed by atoms with Gasteiger partial charge in [-0.1, -0.05) is 6.07 Å². The second-order valence-electron chi connectivity index (χ2n) is 5.85. The zero-order chi connectivity index (χ0) is 19.3. The maximum atomic E-state index is 12.3. The summed E-state index contributed by atoms with van der Waals surface area (Å²) < 4.78 is 36.8. The molecule has 1 heterocycles. The number of hydrogen-bond acceptors (Lipinski definition) is 3. The van der Waals surface area contributed by atoms with Crippen molar-refractivity contribution in [1.29, 1.82) is 0 Å². The number of carbonyl (C=O) groups excluding carboxylic acids is 3. The molecule has 1 aliphatic heterocycles. The second-order valence-corrected chi connectivity index (χ2v) is 5.85. The van der Waals surface area contributed by atoms with Gasteiger partial charge in [0.1, 0.15) is 6.42 Å². The molecule has 0 radical (unpaired) electrons. The summed E-state index contributed by atoms with van der Waals surface area (Å²) in [7, 11) is 0. The lowest BCUT2D eigenvalue weighted by Crippen LogP contribution is -2.52. The van der Waals surface area contributed by atoms with Gasteiger partial charge >= 0.3 is 12.2 Å². The number of hydrogen-bond donors (Lipinski definition) is 2. The van der Waals surface area contributed by atoms with Crippen LogP contribution in [0.2, 0.25) is 0 Å². The van der Waals surface area contributed by atoms with Crippen LogP contribution in [0.1, 0.15) is 13.3 Å². The molecule has 0 saturated carbocycles. The molecule has 0 unspecified atom stereocenters. The first-order valence-electron chi connectivity index (χ1n) is 7.92. The van der Waals surface area contributed by atoms with Crippen LogP contribution in [0.4, 0.5) is 29.3 Å². The number of nitrogens with one attached hydrogen (secondary N) is 2. The number of amides is 4. The van der Waals surface area contributed by atoms with Crippen LogP contribution in [0.15, 0.2) is 24.3 Å². The van der Waals surface area contributed by atoms with Crippen molar-refractivity contribution in [2.45, 2.75) is 19.5 Å². The molecule has 0 atom stereocenters. The standard InChI is InChI=1S/C16H19F3N4O3/c1-11(24)20-12-3-2-4-13(9-12)21-15(26)23-7-5-22(6-8-23)14(25)10-16(17,18)19/h2-4,9H,5-8,10H2,1H3,(H,20,24)(H,21,26). The predicted octanol–water partition coefficient (Wildman–Crippen LogP) is 2.27. The van der Waals surface area contributed by atoms with Crippen LogP contribution < -0.4 is 10.6 Å². The van der Waals surface area contributed by atoms with Gasteiger partial charge in [0.15, 0.2) is 0 Å². The predicted molar refractivity (Wildman–Crippen MR) is 88.6 cm³/mol. The highest BCUT2D eigenvalue weighted by Crippen LogP contribution is 2.21. The molecule has 0 aliphatic carbocycles. The molecular formula is C16H19F3N4O3. The molecule has 26 heavy (non-hydrogen) atoms. The van der Waals surface area contributed by atoms with Crippen molar-refractivity contribution in [3.63, 3.8) is 0 Å². The molecule has 0 aromatic heterocycles. The largest absolute Gasteiger partial charge is 0.397 e. The first-order valence-corrected chi connectivity index (χ1v) is 7.92. The van der Waals surface area contributed by atoms with Crippen LogP contribution in [0.25, 0.3) is 0 Å². The van der Waals surface area contributed by atoms with Gasteiger partial charge in [-0.25, -0.2) is 4.79 Å². The molecule has 1 aliphatic rings. The van der Waals surface area contributed by atoms with Crippen LogP contribution in [-0.2, 0) is 9.59 Å². The molecule has 4 amide bonds. The second kappa shape index (κ2) is 8.07. The minimum Gasteiger partial charge on any atom is -0.339 e. The fraction of sp³-hybridized carbons (Fsp3) is 0.438. The number of alkyl halides is 3. The van der Waals surface area contributed by atoms with E-state index in [9.17, 15) is 27.6 Å². The van der Waals surface area contributed by atoms with Crippen LogP contribution >= 0.6 is 0 Å². The van der Waals surface area contributed by atoms with Gasteiger partial charge < -0.3 is 20.4 Å². The fourth-order valence-corrected chi connectivity index (χ4v) is 2.52. The van der Waals surface area contributed by atoms with E-state index in [1.165, 1.54) is 11.8 Å². The Hall–Kier alpha value is -2.78. The zero-order valence-electron chi connectivity index (χ0n) is 14.1. The summed E-state index contributed by atoms with van der Waals surface area (Å²) in [4.78, 5) is 37.4. The van der Waals surface area contributed by atoms with E-state index in [2.05, 4.69) is 10.6 Å². The maximum Gasteiger partial charge on any atom is 0.397 e. The molecule has 1 aromatic carbocycles. The number of anilines is 2. The highest BCUT2D eigenvalue weighted by molar-refractivity contribution is 5.92. The molecule has 1 fully saturated rings. The molecule has 142 valence electrons. The van der Waals surface area contributed by atoms with Crippen molar-refractivity contribution >= 4 is 29.2 Å². The lowest BCUT2D eigenvalue weighted by molar-refractivity contribution is -0.162. The summed E-state index contributed by atoms with van der Waals surface area (Å²) in [5.74, 6) is -1.23. The van der Waals surface area contributed by atoms with Gasteiger partial charge in [-0.2, -0.15) is 13.2 Å². The molecule has 10 heteroatoms.